The smallest absolute Gasteiger partial charge is 0.325 e. The number of anilines is 2. The van der Waals surface area contributed by atoms with Gasteiger partial charge in [0.1, 0.15) is 5.75 Å². The Morgan fingerprint density at radius 3 is 2.81 bits per heavy atom. The van der Waals surface area contributed by atoms with Crippen molar-refractivity contribution in [2.75, 3.05) is 23.0 Å². The number of carbonyl (C=O) groups is 2. The van der Waals surface area contributed by atoms with Gasteiger partial charge in [0, 0.05) is 5.75 Å². The van der Waals surface area contributed by atoms with Crippen LogP contribution in [0.15, 0.2) is 28.6 Å². The molecular weight excluding hydrogens is 386 g/mol. The summed E-state index contributed by atoms with van der Waals surface area (Å²) >= 11 is 2.70. The third kappa shape index (κ3) is 7.48. The Hall–Kier alpha value is -2.26. The zero-order valence-corrected chi connectivity index (χ0v) is 17.1. The van der Waals surface area contributed by atoms with Crippen LogP contribution in [0.2, 0.25) is 0 Å². The van der Waals surface area contributed by atoms with Gasteiger partial charge in [-0.1, -0.05) is 31.3 Å². The predicted octanol–water partition coefficient (Wildman–Crippen LogP) is 4.70. The molecule has 1 aromatic carbocycles. The lowest BCUT2D eigenvalue weighted by atomic mass is 10.2. The van der Waals surface area contributed by atoms with E-state index in [-0.39, 0.29) is 6.42 Å². The maximum atomic E-state index is 12.3. The number of urea groups is 1. The van der Waals surface area contributed by atoms with E-state index in [9.17, 15) is 9.59 Å². The van der Waals surface area contributed by atoms with Gasteiger partial charge in [0.05, 0.1) is 29.1 Å². The number of hydrogen-bond donors (Lipinski definition) is 3. The SMILES string of the molecule is Cc1ccc(NC(=O)Nc2ncc(SCCC(=O)O)s2)c(OCC(C)C)c1. The first-order chi connectivity index (χ1) is 12.8. The van der Waals surface area contributed by atoms with E-state index in [1.165, 1.54) is 23.1 Å². The number of hydrogen-bond acceptors (Lipinski definition) is 6. The normalized spacial score (nSPS) is 10.7. The van der Waals surface area contributed by atoms with Crippen LogP contribution in [0.25, 0.3) is 0 Å². The number of carbonyl (C=O) groups excluding carboxylic acids is 1. The summed E-state index contributed by atoms with van der Waals surface area (Å²) in [5.74, 6) is 0.629. The van der Waals surface area contributed by atoms with Crippen LogP contribution in [0, 0.1) is 12.8 Å². The lowest BCUT2D eigenvalue weighted by molar-refractivity contribution is -0.136. The molecule has 0 fully saturated rings. The van der Waals surface area contributed by atoms with Crippen molar-refractivity contribution in [3.05, 3.63) is 30.0 Å². The Kier molecular flexibility index (Phi) is 7.93. The number of aliphatic carboxylic acids is 1. The minimum absolute atomic E-state index is 0.0817. The minimum Gasteiger partial charge on any atom is -0.491 e. The summed E-state index contributed by atoms with van der Waals surface area (Å²) in [4.78, 5) is 27.0. The summed E-state index contributed by atoms with van der Waals surface area (Å²) in [6, 6.07) is 5.18. The van der Waals surface area contributed by atoms with Gasteiger partial charge in [-0.05, 0) is 30.5 Å². The van der Waals surface area contributed by atoms with Gasteiger partial charge in [-0.3, -0.25) is 10.1 Å². The second-order valence-corrected chi connectivity index (χ2v) is 8.69. The first kappa shape index (κ1) is 21.0. The molecule has 7 nitrogen and oxygen atoms in total. The van der Waals surface area contributed by atoms with Gasteiger partial charge in [0.25, 0.3) is 0 Å². The van der Waals surface area contributed by atoms with Crippen molar-refractivity contribution >= 4 is 45.9 Å². The quantitative estimate of drug-likeness (QED) is 0.519. The molecule has 2 amide bonds. The minimum atomic E-state index is -0.835. The molecule has 3 N–H and O–H groups in total. The Balaban J connectivity index is 1.94. The molecule has 0 unspecified atom stereocenters. The first-order valence-corrected chi connectivity index (χ1v) is 10.3. The highest BCUT2D eigenvalue weighted by Gasteiger charge is 2.11. The number of benzene rings is 1. The number of rotatable bonds is 9. The molecule has 9 heteroatoms. The molecule has 0 saturated carbocycles. The summed E-state index contributed by atoms with van der Waals surface area (Å²) in [7, 11) is 0. The maximum Gasteiger partial charge on any atom is 0.325 e. The van der Waals surface area contributed by atoms with Crippen LogP contribution in [0.5, 0.6) is 5.75 Å². The molecule has 2 aromatic rings. The number of nitrogens with one attached hydrogen (secondary N) is 2. The summed E-state index contributed by atoms with van der Waals surface area (Å²) < 4.78 is 6.64. The largest absolute Gasteiger partial charge is 0.491 e. The summed E-state index contributed by atoms with van der Waals surface area (Å²) in [5.41, 5.74) is 1.63. The highest BCUT2D eigenvalue weighted by atomic mass is 32.2. The zero-order chi connectivity index (χ0) is 19.8. The standard InChI is InChI=1S/C18H23N3O4S2/c1-11(2)10-25-14-8-12(3)4-5-13(14)20-17(24)21-18-19-9-16(27-18)26-7-6-15(22)23/h4-5,8-9,11H,6-7,10H2,1-3H3,(H,22,23)(H2,19,20,21,24). The fourth-order valence-corrected chi connectivity index (χ4v) is 3.85. The van der Waals surface area contributed by atoms with Gasteiger partial charge in [0.2, 0.25) is 0 Å². The van der Waals surface area contributed by atoms with Crippen LogP contribution >= 0.6 is 23.1 Å². The van der Waals surface area contributed by atoms with Crippen LogP contribution in [-0.4, -0.2) is 34.5 Å². The molecule has 0 atom stereocenters. The van der Waals surface area contributed by atoms with Crippen LogP contribution in [-0.2, 0) is 4.79 Å². The van der Waals surface area contributed by atoms with Crippen molar-refractivity contribution in [2.24, 2.45) is 5.92 Å². The van der Waals surface area contributed by atoms with E-state index in [0.717, 1.165) is 9.77 Å². The van der Waals surface area contributed by atoms with Gasteiger partial charge in [-0.15, -0.1) is 11.8 Å². The zero-order valence-electron chi connectivity index (χ0n) is 15.4. The molecule has 0 aliphatic heterocycles. The Morgan fingerprint density at radius 2 is 2.11 bits per heavy atom. The van der Waals surface area contributed by atoms with E-state index in [0.29, 0.717) is 34.8 Å². The summed E-state index contributed by atoms with van der Waals surface area (Å²) in [6.07, 6.45) is 1.70. The topological polar surface area (TPSA) is 101 Å². The van der Waals surface area contributed by atoms with Crippen LogP contribution < -0.4 is 15.4 Å². The van der Waals surface area contributed by atoms with Gasteiger partial charge in [-0.25, -0.2) is 9.78 Å². The van der Waals surface area contributed by atoms with Crippen molar-refractivity contribution in [2.45, 2.75) is 31.4 Å². The molecule has 0 aliphatic rings. The highest BCUT2D eigenvalue weighted by Crippen LogP contribution is 2.29. The van der Waals surface area contributed by atoms with Crippen molar-refractivity contribution in [1.82, 2.24) is 4.98 Å². The number of thioether (sulfide) groups is 1. The van der Waals surface area contributed by atoms with E-state index >= 15 is 0 Å². The fraction of sp³-hybridized carbons (Fsp3) is 0.389. The summed E-state index contributed by atoms with van der Waals surface area (Å²) in [6.45, 7) is 6.64. The molecule has 0 saturated heterocycles. The maximum absolute atomic E-state index is 12.3. The van der Waals surface area contributed by atoms with Crippen molar-refractivity contribution < 1.29 is 19.4 Å². The monoisotopic (exact) mass is 409 g/mol. The number of aryl methyl sites for hydroxylation is 1. The van der Waals surface area contributed by atoms with Crippen molar-refractivity contribution in [3.63, 3.8) is 0 Å². The van der Waals surface area contributed by atoms with Crippen LogP contribution in [0.4, 0.5) is 15.6 Å². The van der Waals surface area contributed by atoms with Gasteiger partial charge < -0.3 is 15.2 Å². The molecule has 0 spiro atoms. The molecular formula is C18H23N3O4S2. The molecule has 146 valence electrons. The molecule has 0 aliphatic carbocycles. The average Bonchev–Trinajstić information content (AvgIpc) is 3.01. The number of amides is 2. The van der Waals surface area contributed by atoms with E-state index in [1.54, 1.807) is 12.3 Å². The highest BCUT2D eigenvalue weighted by molar-refractivity contribution is 8.01. The van der Waals surface area contributed by atoms with Crippen molar-refractivity contribution in [3.8, 4) is 5.75 Å². The van der Waals surface area contributed by atoms with E-state index < -0.39 is 12.0 Å². The Bertz CT molecular complexity index is 793. The second-order valence-electron chi connectivity index (χ2n) is 6.26. The average molecular weight is 410 g/mol. The summed E-state index contributed by atoms with van der Waals surface area (Å²) in [5, 5.41) is 14.6. The van der Waals surface area contributed by atoms with E-state index in [1.807, 2.05) is 19.1 Å². The fourth-order valence-electron chi connectivity index (χ4n) is 1.98. The predicted molar refractivity (Wildman–Crippen MR) is 109 cm³/mol. The van der Waals surface area contributed by atoms with Crippen LogP contribution in [0.1, 0.15) is 25.8 Å². The number of carboxylic acids is 1. The Morgan fingerprint density at radius 1 is 1.33 bits per heavy atom. The molecule has 0 bridgehead atoms. The lowest BCUT2D eigenvalue weighted by Gasteiger charge is -2.14. The first-order valence-electron chi connectivity index (χ1n) is 8.45. The van der Waals surface area contributed by atoms with Crippen LogP contribution in [0.3, 0.4) is 0 Å². The molecule has 27 heavy (non-hydrogen) atoms. The molecule has 1 heterocycles. The van der Waals surface area contributed by atoms with E-state index in [2.05, 4.69) is 29.5 Å². The lowest BCUT2D eigenvalue weighted by Crippen LogP contribution is -2.20. The third-order valence-electron chi connectivity index (χ3n) is 3.22. The van der Waals surface area contributed by atoms with Gasteiger partial charge >= 0.3 is 12.0 Å². The van der Waals surface area contributed by atoms with Crippen molar-refractivity contribution in [1.29, 1.82) is 0 Å². The number of ether oxygens (including phenoxy) is 1. The molecule has 1 aromatic heterocycles. The third-order valence-corrected chi connectivity index (χ3v) is 5.33. The molecule has 2 rings (SSSR count). The number of carboxylic acid groups (broad SMARTS) is 1. The van der Waals surface area contributed by atoms with Gasteiger partial charge in [-0.2, -0.15) is 0 Å². The second kappa shape index (κ2) is 10.2. The Labute approximate surface area is 166 Å². The molecule has 0 radical (unpaired) electrons. The van der Waals surface area contributed by atoms with Gasteiger partial charge in [0.15, 0.2) is 5.13 Å². The number of nitrogens with zero attached hydrogens (tertiary/aromatic N) is 1. The number of thiazole rings is 1. The van der Waals surface area contributed by atoms with E-state index in [4.69, 9.17) is 9.84 Å². The number of aromatic nitrogens is 1.